The van der Waals surface area contributed by atoms with Crippen molar-refractivity contribution in [1.29, 1.82) is 0 Å². The normalized spacial score (nSPS) is 11.3. The van der Waals surface area contributed by atoms with E-state index < -0.39 is 17.5 Å². The van der Waals surface area contributed by atoms with E-state index in [-0.39, 0.29) is 29.6 Å². The van der Waals surface area contributed by atoms with Gasteiger partial charge in [-0.2, -0.15) is 0 Å². The van der Waals surface area contributed by atoms with Crippen molar-refractivity contribution in [3.05, 3.63) is 64.8 Å². The summed E-state index contributed by atoms with van der Waals surface area (Å²) in [6.45, 7) is 1.56. The van der Waals surface area contributed by atoms with Gasteiger partial charge in [0.15, 0.2) is 11.6 Å². The van der Waals surface area contributed by atoms with Crippen molar-refractivity contribution in [2.45, 2.75) is 13.3 Å². The molecule has 0 atom stereocenters. The molecule has 0 bridgehead atoms. The lowest BCUT2D eigenvalue weighted by atomic mass is 10.1. The largest absolute Gasteiger partial charge is 0.502 e. The van der Waals surface area contributed by atoms with Gasteiger partial charge in [-0.25, -0.2) is 14.2 Å². The fourth-order valence-electron chi connectivity index (χ4n) is 1.93. The van der Waals surface area contributed by atoms with Crippen LogP contribution in [0.25, 0.3) is 0 Å². The number of hydrogen-bond acceptors (Lipinski definition) is 6. The molecule has 0 spiro atoms. The molecule has 0 fully saturated rings. The summed E-state index contributed by atoms with van der Waals surface area (Å²) >= 11 is 0. The molecule has 1 heterocycles. The van der Waals surface area contributed by atoms with Crippen LogP contribution in [0.15, 0.2) is 40.5 Å². The third-order valence-corrected chi connectivity index (χ3v) is 2.98. The second-order valence-corrected chi connectivity index (χ2v) is 4.69. The van der Waals surface area contributed by atoms with Gasteiger partial charge < -0.3 is 14.3 Å². The quantitative estimate of drug-likeness (QED) is 0.394. The van der Waals surface area contributed by atoms with Crippen LogP contribution >= 0.6 is 0 Å². The lowest BCUT2D eigenvalue weighted by Gasteiger charge is -2.00. The predicted octanol–water partition coefficient (Wildman–Crippen LogP) is 2.51. The number of methoxy groups -OCH3 is 1. The summed E-state index contributed by atoms with van der Waals surface area (Å²) in [6, 6.07) is 5.71. The van der Waals surface area contributed by atoms with Gasteiger partial charge in [-0.1, -0.05) is 12.1 Å². The van der Waals surface area contributed by atoms with Crippen LogP contribution in [0.1, 0.15) is 27.7 Å². The third-order valence-electron chi connectivity index (χ3n) is 2.98. The number of aliphatic hydroxyl groups excluding tert-OH is 1. The minimum absolute atomic E-state index is 0.0257. The second-order valence-electron chi connectivity index (χ2n) is 4.69. The predicted molar refractivity (Wildman–Crippen MR) is 77.5 cm³/mol. The molecular weight excluding hydrogens is 305 g/mol. The smallest absolute Gasteiger partial charge is 0.373 e. The van der Waals surface area contributed by atoms with Gasteiger partial charge in [0.05, 0.1) is 7.11 Å². The number of ketones is 1. The zero-order valence-electron chi connectivity index (χ0n) is 12.5. The number of aryl methyl sites for hydroxylation is 1. The molecule has 0 saturated heterocycles. The number of rotatable bonds is 5. The van der Waals surface area contributed by atoms with E-state index in [4.69, 9.17) is 4.42 Å². The maximum Gasteiger partial charge on any atom is 0.373 e. The monoisotopic (exact) mass is 319 g/mol. The molecule has 23 heavy (non-hydrogen) atoms. The van der Waals surface area contributed by atoms with Crippen LogP contribution in [0.3, 0.4) is 0 Å². The number of benzene rings is 1. The van der Waals surface area contributed by atoms with Crippen LogP contribution in [-0.2, 0) is 16.0 Å². The average molecular weight is 319 g/mol. The number of aromatic nitrogens is 1. The number of ether oxygens (including phenoxy) is 1. The molecule has 0 aliphatic heterocycles. The van der Waals surface area contributed by atoms with Crippen LogP contribution in [0.5, 0.6) is 0 Å². The van der Waals surface area contributed by atoms with E-state index in [0.29, 0.717) is 0 Å². The molecule has 0 saturated carbocycles. The molecule has 120 valence electrons. The van der Waals surface area contributed by atoms with Crippen molar-refractivity contribution >= 4 is 11.8 Å². The summed E-state index contributed by atoms with van der Waals surface area (Å²) in [5, 5.41) is 9.43. The summed E-state index contributed by atoms with van der Waals surface area (Å²) in [4.78, 5) is 27.2. The van der Waals surface area contributed by atoms with E-state index in [1.807, 2.05) is 0 Å². The average Bonchev–Trinajstić information content (AvgIpc) is 2.89. The molecular formula is C16H14FNO5. The molecule has 0 unspecified atom stereocenters. The molecule has 0 aliphatic carbocycles. The van der Waals surface area contributed by atoms with Crippen LogP contribution in [0.2, 0.25) is 0 Å². The Labute approximate surface area is 131 Å². The Balaban J connectivity index is 2.28. The fourth-order valence-corrected chi connectivity index (χ4v) is 1.93. The summed E-state index contributed by atoms with van der Waals surface area (Å²) < 4.78 is 22.6. The first-order valence-electron chi connectivity index (χ1n) is 6.64. The Morgan fingerprint density at radius 3 is 2.61 bits per heavy atom. The van der Waals surface area contributed by atoms with E-state index in [1.54, 1.807) is 19.1 Å². The number of hydrogen-bond donors (Lipinski definition) is 1. The van der Waals surface area contributed by atoms with Crippen LogP contribution in [-0.4, -0.2) is 29.0 Å². The van der Waals surface area contributed by atoms with Gasteiger partial charge in [0, 0.05) is 19.4 Å². The van der Waals surface area contributed by atoms with E-state index in [0.717, 1.165) is 18.7 Å². The van der Waals surface area contributed by atoms with Crippen molar-refractivity contribution in [3.63, 3.8) is 0 Å². The number of allylic oxidation sites excluding steroid dienone is 1. The summed E-state index contributed by atoms with van der Waals surface area (Å²) in [6.07, 6.45) is 0.937. The third kappa shape index (κ3) is 4.03. The van der Waals surface area contributed by atoms with E-state index in [2.05, 4.69) is 9.72 Å². The summed E-state index contributed by atoms with van der Waals surface area (Å²) in [5.41, 5.74) is 0.694. The highest BCUT2D eigenvalue weighted by molar-refractivity contribution is 6.07. The SMILES string of the molecule is COC(=O)/C(O)=C/C(=O)c1nc(C)oc1Cc1ccc(F)cc1. The fraction of sp³-hybridized carbons (Fsp3) is 0.188. The highest BCUT2D eigenvalue weighted by Gasteiger charge is 2.20. The Bertz CT molecular complexity index is 761. The zero-order valence-corrected chi connectivity index (χ0v) is 12.5. The summed E-state index contributed by atoms with van der Waals surface area (Å²) in [5.74, 6) is -2.40. The molecule has 2 aromatic rings. The number of oxazole rings is 1. The second kappa shape index (κ2) is 6.87. The van der Waals surface area contributed by atoms with Crippen LogP contribution in [0, 0.1) is 12.7 Å². The molecule has 0 amide bonds. The van der Waals surface area contributed by atoms with Crippen molar-refractivity contribution < 1.29 is 28.2 Å². The highest BCUT2D eigenvalue weighted by atomic mass is 19.1. The molecule has 0 aliphatic rings. The molecule has 1 aromatic carbocycles. The van der Waals surface area contributed by atoms with Gasteiger partial charge >= 0.3 is 5.97 Å². The number of aliphatic hydroxyl groups is 1. The van der Waals surface area contributed by atoms with Crippen molar-refractivity contribution in [2.24, 2.45) is 0 Å². The van der Waals surface area contributed by atoms with Gasteiger partial charge in [-0.15, -0.1) is 0 Å². The maximum atomic E-state index is 12.9. The molecule has 7 heteroatoms. The van der Waals surface area contributed by atoms with Crippen molar-refractivity contribution in [3.8, 4) is 0 Å². The Morgan fingerprint density at radius 1 is 1.35 bits per heavy atom. The topological polar surface area (TPSA) is 89.6 Å². The first kappa shape index (κ1) is 16.4. The van der Waals surface area contributed by atoms with Gasteiger partial charge in [0.25, 0.3) is 0 Å². The first-order chi connectivity index (χ1) is 10.9. The lowest BCUT2D eigenvalue weighted by Crippen LogP contribution is -2.08. The van der Waals surface area contributed by atoms with E-state index >= 15 is 0 Å². The van der Waals surface area contributed by atoms with Gasteiger partial charge in [0.1, 0.15) is 11.6 Å². The lowest BCUT2D eigenvalue weighted by molar-refractivity contribution is -0.139. The summed E-state index contributed by atoms with van der Waals surface area (Å²) in [7, 11) is 1.08. The van der Waals surface area contributed by atoms with Crippen molar-refractivity contribution in [2.75, 3.05) is 7.11 Å². The van der Waals surface area contributed by atoms with E-state index in [9.17, 15) is 19.1 Å². The molecule has 1 N–H and O–H groups in total. The standard InChI is InChI=1S/C16H14FNO5/c1-9-18-15(12(19)8-13(20)16(21)22-2)14(23-9)7-10-3-5-11(17)6-4-10/h3-6,8,20H,7H2,1-2H3/b13-8-. The zero-order chi connectivity index (χ0) is 17.0. The van der Waals surface area contributed by atoms with Crippen molar-refractivity contribution in [1.82, 2.24) is 4.98 Å². The first-order valence-corrected chi connectivity index (χ1v) is 6.64. The molecule has 6 nitrogen and oxygen atoms in total. The number of halogens is 1. The number of nitrogens with zero attached hydrogens (tertiary/aromatic N) is 1. The molecule has 2 rings (SSSR count). The van der Waals surface area contributed by atoms with Gasteiger partial charge in [-0.05, 0) is 17.7 Å². The number of esters is 1. The minimum Gasteiger partial charge on any atom is -0.502 e. The highest BCUT2D eigenvalue weighted by Crippen LogP contribution is 2.17. The van der Waals surface area contributed by atoms with Crippen LogP contribution in [0.4, 0.5) is 4.39 Å². The minimum atomic E-state index is -1.03. The van der Waals surface area contributed by atoms with E-state index in [1.165, 1.54) is 12.1 Å². The number of carbonyl (C=O) groups excluding carboxylic acids is 2. The molecule has 0 radical (unpaired) electrons. The maximum absolute atomic E-state index is 12.9. The van der Waals surface area contributed by atoms with Gasteiger partial charge in [0.2, 0.25) is 11.5 Å². The molecule has 1 aromatic heterocycles. The van der Waals surface area contributed by atoms with Gasteiger partial charge in [-0.3, -0.25) is 4.79 Å². The number of carbonyl (C=O) groups is 2. The van der Waals surface area contributed by atoms with Crippen LogP contribution < -0.4 is 0 Å². The Morgan fingerprint density at radius 2 is 2.00 bits per heavy atom. The Kier molecular flexibility index (Phi) is 4.90. The Hall–Kier alpha value is -2.96.